The number of nitrogens with zero attached hydrogens (tertiary/aromatic N) is 5. The smallest absolute Gasteiger partial charge is 0.273 e. The van der Waals surface area contributed by atoms with Gasteiger partial charge < -0.3 is 10.2 Å². The van der Waals surface area contributed by atoms with Crippen LogP contribution < -0.4 is 5.32 Å². The summed E-state index contributed by atoms with van der Waals surface area (Å²) in [5.41, 5.74) is 2.96. The zero-order valence-corrected chi connectivity index (χ0v) is 16.0. The van der Waals surface area contributed by atoms with Gasteiger partial charge in [-0.25, -0.2) is 15.0 Å². The van der Waals surface area contributed by atoms with Crippen molar-refractivity contribution in [3.63, 3.8) is 0 Å². The van der Waals surface area contributed by atoms with Gasteiger partial charge >= 0.3 is 0 Å². The Morgan fingerprint density at radius 2 is 1.79 bits per heavy atom. The molecule has 1 amide bonds. The van der Waals surface area contributed by atoms with Crippen molar-refractivity contribution in [2.75, 3.05) is 11.9 Å². The maximum Gasteiger partial charge on any atom is 0.273 e. The lowest BCUT2D eigenvalue weighted by molar-refractivity contribution is 0.0727. The van der Waals surface area contributed by atoms with Crippen LogP contribution in [0.3, 0.4) is 0 Å². The summed E-state index contributed by atoms with van der Waals surface area (Å²) in [5, 5.41) is 3.26. The summed E-state index contributed by atoms with van der Waals surface area (Å²) in [4.78, 5) is 32.8. The minimum Gasteiger partial charge on any atom is -0.329 e. The molecule has 3 aromatic rings. The number of anilines is 2. The van der Waals surface area contributed by atoms with Gasteiger partial charge in [-0.2, -0.15) is 0 Å². The first-order valence-corrected chi connectivity index (χ1v) is 9.38. The van der Waals surface area contributed by atoms with Gasteiger partial charge in [-0.05, 0) is 51.0 Å². The zero-order chi connectivity index (χ0) is 19.5. The molecule has 1 saturated heterocycles. The Morgan fingerprint density at radius 3 is 2.57 bits per heavy atom. The van der Waals surface area contributed by atoms with Crippen LogP contribution in [-0.4, -0.2) is 37.3 Å². The molecule has 0 aliphatic carbocycles. The van der Waals surface area contributed by atoms with E-state index in [9.17, 15) is 4.79 Å². The Kier molecular flexibility index (Phi) is 4.97. The largest absolute Gasteiger partial charge is 0.329 e. The van der Waals surface area contributed by atoms with Gasteiger partial charge in [0.05, 0.1) is 6.04 Å². The molecule has 0 radical (unpaired) electrons. The van der Waals surface area contributed by atoms with Crippen molar-refractivity contribution in [2.24, 2.45) is 0 Å². The first kappa shape index (κ1) is 18.0. The number of hydrogen-bond acceptors (Lipinski definition) is 6. The third-order valence-electron chi connectivity index (χ3n) is 4.80. The van der Waals surface area contributed by atoms with Crippen LogP contribution in [0.5, 0.6) is 0 Å². The van der Waals surface area contributed by atoms with E-state index in [1.807, 2.05) is 49.1 Å². The van der Waals surface area contributed by atoms with Crippen molar-refractivity contribution in [1.29, 1.82) is 0 Å². The zero-order valence-electron chi connectivity index (χ0n) is 16.0. The summed E-state index contributed by atoms with van der Waals surface area (Å²) < 4.78 is 0. The lowest BCUT2D eigenvalue weighted by Crippen LogP contribution is -2.32. The number of carbonyl (C=O) groups excluding carboxylic acids is 1. The number of pyridine rings is 2. The van der Waals surface area contributed by atoms with E-state index in [2.05, 4.69) is 25.3 Å². The lowest BCUT2D eigenvalue weighted by atomic mass is 10.1. The average molecular weight is 374 g/mol. The maximum atomic E-state index is 13.1. The fourth-order valence-electron chi connectivity index (χ4n) is 3.53. The molecular formula is C21H22N6O. The van der Waals surface area contributed by atoms with Crippen molar-refractivity contribution in [1.82, 2.24) is 24.8 Å². The van der Waals surface area contributed by atoms with Crippen molar-refractivity contribution in [2.45, 2.75) is 32.7 Å². The molecular weight excluding hydrogens is 352 g/mol. The highest BCUT2D eigenvalue weighted by Gasteiger charge is 2.34. The highest BCUT2D eigenvalue weighted by molar-refractivity contribution is 5.93. The average Bonchev–Trinajstić information content (AvgIpc) is 3.17. The van der Waals surface area contributed by atoms with E-state index in [0.29, 0.717) is 23.9 Å². The second kappa shape index (κ2) is 7.72. The molecule has 1 aliphatic heterocycles. The first-order chi connectivity index (χ1) is 13.6. The van der Waals surface area contributed by atoms with Gasteiger partial charge in [-0.15, -0.1) is 0 Å². The molecule has 1 fully saturated rings. The van der Waals surface area contributed by atoms with Crippen LogP contribution in [0.2, 0.25) is 0 Å². The molecule has 4 heterocycles. The number of aromatic nitrogens is 4. The fraction of sp³-hybridized carbons (Fsp3) is 0.286. The molecule has 28 heavy (non-hydrogen) atoms. The molecule has 142 valence electrons. The van der Waals surface area contributed by atoms with Crippen LogP contribution in [0.1, 0.15) is 46.5 Å². The lowest BCUT2D eigenvalue weighted by Gasteiger charge is -2.25. The van der Waals surface area contributed by atoms with E-state index in [1.165, 1.54) is 0 Å². The predicted molar refractivity (Wildman–Crippen MR) is 106 cm³/mol. The highest BCUT2D eigenvalue weighted by Crippen LogP contribution is 2.35. The standard InChI is InChI=1S/C21H22N6O/c1-14-6-3-8-16(24-14)21(28)27-13-5-9-17(27)19-20(23-12-11-22-19)26-18-10-4-7-15(2)25-18/h3-4,6-8,10-12,17H,5,9,13H2,1-2H3,(H,23,25,26)/t17-/m0/s1. The van der Waals surface area contributed by atoms with Crippen LogP contribution in [0, 0.1) is 13.8 Å². The summed E-state index contributed by atoms with van der Waals surface area (Å²) in [5.74, 6) is 1.26. The third-order valence-corrected chi connectivity index (χ3v) is 4.80. The van der Waals surface area contributed by atoms with Crippen molar-refractivity contribution < 1.29 is 4.79 Å². The molecule has 7 nitrogen and oxygen atoms in total. The van der Waals surface area contributed by atoms with E-state index in [4.69, 9.17) is 0 Å². The predicted octanol–water partition coefficient (Wildman–Crippen LogP) is 3.60. The molecule has 0 aromatic carbocycles. The topological polar surface area (TPSA) is 83.9 Å². The summed E-state index contributed by atoms with van der Waals surface area (Å²) >= 11 is 0. The summed E-state index contributed by atoms with van der Waals surface area (Å²) in [6.07, 6.45) is 5.06. The number of carbonyl (C=O) groups is 1. The van der Waals surface area contributed by atoms with Crippen LogP contribution in [0.4, 0.5) is 11.6 Å². The van der Waals surface area contributed by atoms with Gasteiger partial charge in [0.25, 0.3) is 5.91 Å². The Balaban J connectivity index is 1.64. The third kappa shape index (κ3) is 3.69. The van der Waals surface area contributed by atoms with E-state index in [-0.39, 0.29) is 11.9 Å². The number of hydrogen-bond donors (Lipinski definition) is 1. The van der Waals surface area contributed by atoms with Crippen LogP contribution in [0.15, 0.2) is 48.8 Å². The Hall–Kier alpha value is -3.35. The molecule has 0 saturated carbocycles. The van der Waals surface area contributed by atoms with Gasteiger partial charge in [0.15, 0.2) is 5.82 Å². The molecule has 0 bridgehead atoms. The summed E-state index contributed by atoms with van der Waals surface area (Å²) in [6, 6.07) is 11.1. The molecule has 1 aliphatic rings. The van der Waals surface area contributed by atoms with Crippen molar-refractivity contribution in [3.05, 3.63) is 71.6 Å². The fourth-order valence-corrected chi connectivity index (χ4v) is 3.53. The maximum absolute atomic E-state index is 13.1. The number of rotatable bonds is 4. The first-order valence-electron chi connectivity index (χ1n) is 9.38. The number of likely N-dealkylation sites (tertiary alicyclic amines) is 1. The van der Waals surface area contributed by atoms with Gasteiger partial charge in [-0.1, -0.05) is 12.1 Å². The second-order valence-corrected chi connectivity index (χ2v) is 6.90. The second-order valence-electron chi connectivity index (χ2n) is 6.90. The Labute approximate surface area is 163 Å². The molecule has 7 heteroatoms. The molecule has 1 N–H and O–H groups in total. The number of aryl methyl sites for hydroxylation is 2. The van der Waals surface area contributed by atoms with Crippen LogP contribution in [0.25, 0.3) is 0 Å². The normalized spacial score (nSPS) is 16.2. The Bertz CT molecular complexity index is 1010. The quantitative estimate of drug-likeness (QED) is 0.751. The molecule has 1 atom stereocenters. The van der Waals surface area contributed by atoms with Crippen LogP contribution in [-0.2, 0) is 0 Å². The molecule has 3 aromatic heterocycles. The summed E-state index contributed by atoms with van der Waals surface area (Å²) in [6.45, 7) is 4.50. The van der Waals surface area contributed by atoms with Crippen LogP contribution >= 0.6 is 0 Å². The highest BCUT2D eigenvalue weighted by atomic mass is 16.2. The SMILES string of the molecule is Cc1cccc(Nc2nccnc2[C@@H]2CCCN2C(=O)c2cccc(C)n2)n1. The Morgan fingerprint density at radius 1 is 1.04 bits per heavy atom. The van der Waals surface area contributed by atoms with Gasteiger partial charge in [0.2, 0.25) is 0 Å². The molecule has 4 rings (SSSR count). The van der Waals surface area contributed by atoms with Crippen molar-refractivity contribution in [3.8, 4) is 0 Å². The van der Waals surface area contributed by atoms with E-state index in [1.54, 1.807) is 18.5 Å². The molecule has 0 unspecified atom stereocenters. The minimum atomic E-state index is -0.143. The van der Waals surface area contributed by atoms with Gasteiger partial charge in [0, 0.05) is 30.3 Å². The summed E-state index contributed by atoms with van der Waals surface area (Å²) in [7, 11) is 0. The number of nitrogens with one attached hydrogen (secondary N) is 1. The number of amides is 1. The van der Waals surface area contributed by atoms with E-state index < -0.39 is 0 Å². The van der Waals surface area contributed by atoms with E-state index >= 15 is 0 Å². The van der Waals surface area contributed by atoms with Gasteiger partial charge in [-0.3, -0.25) is 9.78 Å². The minimum absolute atomic E-state index is 0.0727. The monoisotopic (exact) mass is 374 g/mol. The van der Waals surface area contributed by atoms with Gasteiger partial charge in [0.1, 0.15) is 17.2 Å². The van der Waals surface area contributed by atoms with E-state index in [0.717, 1.165) is 29.9 Å². The molecule has 0 spiro atoms. The van der Waals surface area contributed by atoms with Crippen molar-refractivity contribution >= 4 is 17.5 Å².